The maximum Gasteiger partial charge on any atom is 0.423 e. The number of quaternary nitrogens is 1. The predicted molar refractivity (Wildman–Crippen MR) is 76.4 cm³/mol. The zero-order valence-corrected chi connectivity index (χ0v) is 12.6. The van der Waals surface area contributed by atoms with Gasteiger partial charge < -0.3 is 14.5 Å². The SMILES string of the molecule is CNC(=O)N(C)C(=O)Oc1ccccc1C[N+](C)(C)C. The fourth-order valence-corrected chi connectivity index (χ4v) is 1.66. The number of urea groups is 1. The van der Waals surface area contributed by atoms with Gasteiger partial charge in [0.05, 0.1) is 21.1 Å². The van der Waals surface area contributed by atoms with Crippen molar-refractivity contribution in [3.63, 3.8) is 0 Å². The van der Waals surface area contributed by atoms with E-state index in [1.165, 1.54) is 14.1 Å². The van der Waals surface area contributed by atoms with Gasteiger partial charge in [0.1, 0.15) is 12.3 Å². The number of hydrogen-bond donors (Lipinski definition) is 1. The third kappa shape index (κ3) is 4.55. The molecule has 20 heavy (non-hydrogen) atoms. The van der Waals surface area contributed by atoms with Crippen LogP contribution in [0.15, 0.2) is 24.3 Å². The molecule has 0 aromatic heterocycles. The van der Waals surface area contributed by atoms with Gasteiger partial charge in [0.2, 0.25) is 0 Å². The molecular weight excluding hydrogens is 258 g/mol. The number of carbonyl (C=O) groups excluding carboxylic acids is 2. The summed E-state index contributed by atoms with van der Waals surface area (Å²) < 4.78 is 6.00. The van der Waals surface area contributed by atoms with E-state index in [0.29, 0.717) is 16.8 Å². The highest BCUT2D eigenvalue weighted by Crippen LogP contribution is 2.21. The van der Waals surface area contributed by atoms with Gasteiger partial charge in [-0.1, -0.05) is 12.1 Å². The highest BCUT2D eigenvalue weighted by atomic mass is 16.6. The van der Waals surface area contributed by atoms with Crippen molar-refractivity contribution in [1.82, 2.24) is 10.2 Å². The summed E-state index contributed by atoms with van der Waals surface area (Å²) in [5, 5.41) is 2.37. The van der Waals surface area contributed by atoms with Gasteiger partial charge in [-0.25, -0.2) is 14.5 Å². The van der Waals surface area contributed by atoms with Crippen LogP contribution in [-0.2, 0) is 6.54 Å². The first kappa shape index (κ1) is 16.0. The van der Waals surface area contributed by atoms with Crippen molar-refractivity contribution in [2.45, 2.75) is 6.54 Å². The van der Waals surface area contributed by atoms with E-state index >= 15 is 0 Å². The van der Waals surface area contributed by atoms with Crippen LogP contribution in [0.3, 0.4) is 0 Å². The molecule has 0 radical (unpaired) electrons. The minimum atomic E-state index is -0.710. The van der Waals surface area contributed by atoms with E-state index in [1.807, 2.05) is 12.1 Å². The number of ether oxygens (including phenoxy) is 1. The van der Waals surface area contributed by atoms with E-state index in [9.17, 15) is 9.59 Å². The first-order valence-electron chi connectivity index (χ1n) is 6.30. The lowest BCUT2D eigenvalue weighted by Crippen LogP contribution is -2.41. The normalized spacial score (nSPS) is 10.8. The molecule has 0 heterocycles. The number of hydrogen-bond acceptors (Lipinski definition) is 3. The zero-order chi connectivity index (χ0) is 15.3. The molecule has 1 aromatic carbocycles. The molecule has 1 rings (SSSR count). The monoisotopic (exact) mass is 280 g/mol. The summed E-state index contributed by atoms with van der Waals surface area (Å²) in [6.07, 6.45) is -0.710. The Morgan fingerprint density at radius 2 is 1.85 bits per heavy atom. The largest absolute Gasteiger partial charge is 0.423 e. The Morgan fingerprint density at radius 3 is 2.40 bits per heavy atom. The van der Waals surface area contributed by atoms with Gasteiger partial charge in [0, 0.05) is 19.7 Å². The number of nitrogens with zero attached hydrogens (tertiary/aromatic N) is 2. The van der Waals surface area contributed by atoms with Crippen LogP contribution in [0.1, 0.15) is 5.56 Å². The van der Waals surface area contributed by atoms with Crippen molar-refractivity contribution in [3.05, 3.63) is 29.8 Å². The average molecular weight is 280 g/mol. The van der Waals surface area contributed by atoms with Crippen LogP contribution in [0.2, 0.25) is 0 Å². The van der Waals surface area contributed by atoms with Gasteiger partial charge in [-0.3, -0.25) is 0 Å². The highest BCUT2D eigenvalue weighted by Gasteiger charge is 2.20. The van der Waals surface area contributed by atoms with Crippen LogP contribution >= 0.6 is 0 Å². The molecular formula is C14H22N3O3+. The van der Waals surface area contributed by atoms with E-state index in [1.54, 1.807) is 12.1 Å². The zero-order valence-electron chi connectivity index (χ0n) is 12.6. The molecule has 0 saturated carbocycles. The highest BCUT2D eigenvalue weighted by molar-refractivity contribution is 5.91. The summed E-state index contributed by atoms with van der Waals surface area (Å²) in [6, 6.07) is 6.80. The van der Waals surface area contributed by atoms with Crippen LogP contribution < -0.4 is 10.1 Å². The fraction of sp³-hybridized carbons (Fsp3) is 0.429. The second kappa shape index (κ2) is 6.38. The molecule has 0 spiro atoms. The molecule has 3 amide bonds. The van der Waals surface area contributed by atoms with Crippen LogP contribution in [0, 0.1) is 0 Å². The van der Waals surface area contributed by atoms with E-state index in [4.69, 9.17) is 4.74 Å². The number of benzene rings is 1. The number of rotatable bonds is 3. The summed E-state index contributed by atoms with van der Waals surface area (Å²) in [7, 11) is 8.97. The Morgan fingerprint density at radius 1 is 1.25 bits per heavy atom. The Kier molecular flexibility index (Phi) is 5.10. The topological polar surface area (TPSA) is 58.6 Å². The Labute approximate surface area is 119 Å². The molecule has 0 atom stereocenters. The van der Waals surface area contributed by atoms with Gasteiger partial charge in [0.15, 0.2) is 0 Å². The molecule has 1 N–H and O–H groups in total. The quantitative estimate of drug-likeness (QED) is 0.857. The molecule has 0 aliphatic rings. The number of nitrogens with one attached hydrogen (secondary N) is 1. The second-order valence-corrected chi connectivity index (χ2v) is 5.54. The maximum atomic E-state index is 11.9. The van der Waals surface area contributed by atoms with Gasteiger partial charge in [-0.05, 0) is 12.1 Å². The molecule has 0 fully saturated rings. The van der Waals surface area contributed by atoms with Crippen molar-refractivity contribution in [3.8, 4) is 5.75 Å². The minimum absolute atomic E-state index is 0.473. The number of amides is 3. The van der Waals surface area contributed by atoms with Crippen LogP contribution in [0.5, 0.6) is 5.75 Å². The molecule has 6 heteroatoms. The summed E-state index contributed by atoms with van der Waals surface area (Å²) in [5.41, 5.74) is 0.915. The van der Waals surface area contributed by atoms with Crippen molar-refractivity contribution in [2.75, 3.05) is 35.2 Å². The second-order valence-electron chi connectivity index (χ2n) is 5.54. The van der Waals surface area contributed by atoms with Crippen LogP contribution in [-0.4, -0.2) is 56.7 Å². The van der Waals surface area contributed by atoms with E-state index in [-0.39, 0.29) is 0 Å². The minimum Gasteiger partial charge on any atom is -0.409 e. The molecule has 6 nitrogen and oxygen atoms in total. The first-order chi connectivity index (χ1) is 9.24. The molecule has 0 saturated heterocycles. The Balaban J connectivity index is 2.87. The van der Waals surface area contributed by atoms with Crippen molar-refractivity contribution < 1.29 is 18.8 Å². The third-order valence-corrected chi connectivity index (χ3v) is 2.61. The fourth-order valence-electron chi connectivity index (χ4n) is 1.66. The molecule has 0 bridgehead atoms. The van der Waals surface area contributed by atoms with Crippen molar-refractivity contribution in [2.24, 2.45) is 0 Å². The lowest BCUT2D eigenvalue weighted by atomic mass is 10.2. The Bertz CT molecular complexity index is 495. The predicted octanol–water partition coefficient (Wildman–Crippen LogP) is 1.66. The summed E-state index contributed by atoms with van der Waals surface area (Å²) in [6.45, 7) is 0.715. The van der Waals surface area contributed by atoms with Crippen LogP contribution in [0.4, 0.5) is 9.59 Å². The molecule has 0 unspecified atom stereocenters. The van der Waals surface area contributed by atoms with Gasteiger partial charge in [0.25, 0.3) is 0 Å². The van der Waals surface area contributed by atoms with E-state index in [2.05, 4.69) is 26.5 Å². The standard InChI is InChI=1S/C14H21N3O3/c1-15-13(18)16(2)14(19)20-12-9-7-6-8-11(12)10-17(3,4)5/h6-9H,10H2,1-5H3/p+1. The van der Waals surface area contributed by atoms with E-state index in [0.717, 1.165) is 10.5 Å². The summed E-state index contributed by atoms with van der Waals surface area (Å²) in [5.74, 6) is 0.473. The molecule has 0 aliphatic heterocycles. The van der Waals surface area contributed by atoms with Crippen LogP contribution in [0.25, 0.3) is 0 Å². The smallest absolute Gasteiger partial charge is 0.409 e. The van der Waals surface area contributed by atoms with E-state index < -0.39 is 12.1 Å². The first-order valence-corrected chi connectivity index (χ1v) is 6.30. The molecule has 110 valence electrons. The molecule has 1 aromatic rings. The van der Waals surface area contributed by atoms with Gasteiger partial charge in [-0.2, -0.15) is 0 Å². The van der Waals surface area contributed by atoms with Gasteiger partial charge >= 0.3 is 12.1 Å². The number of carbonyl (C=O) groups is 2. The molecule has 0 aliphatic carbocycles. The third-order valence-electron chi connectivity index (χ3n) is 2.61. The van der Waals surface area contributed by atoms with Crippen molar-refractivity contribution in [1.29, 1.82) is 0 Å². The van der Waals surface area contributed by atoms with Crippen molar-refractivity contribution >= 4 is 12.1 Å². The maximum absolute atomic E-state index is 11.9. The number of imide groups is 1. The lowest BCUT2D eigenvalue weighted by Gasteiger charge is -2.25. The van der Waals surface area contributed by atoms with Gasteiger partial charge in [-0.15, -0.1) is 0 Å². The number of para-hydroxylation sites is 1. The summed E-state index contributed by atoms with van der Waals surface area (Å²) >= 11 is 0. The Hall–Kier alpha value is -2.08. The average Bonchev–Trinajstić information content (AvgIpc) is 2.37. The lowest BCUT2D eigenvalue weighted by molar-refractivity contribution is -0.884. The summed E-state index contributed by atoms with van der Waals surface area (Å²) in [4.78, 5) is 24.1.